The normalized spacial score (nSPS) is 24.0. The lowest BCUT2D eigenvalue weighted by Crippen LogP contribution is -2.27. The molecule has 2 aliphatic rings. The molecule has 0 amide bonds. The molecule has 3 rings (SSSR count). The van der Waals surface area contributed by atoms with Crippen LogP contribution in [-0.2, 0) is 0 Å². The highest BCUT2D eigenvalue weighted by Gasteiger charge is 2.25. The summed E-state index contributed by atoms with van der Waals surface area (Å²) in [6.07, 6.45) is 4.50. The van der Waals surface area contributed by atoms with Crippen molar-refractivity contribution >= 4 is 0 Å². The molecule has 0 spiro atoms. The number of piperidine rings is 2. The summed E-state index contributed by atoms with van der Waals surface area (Å²) in [5.41, 5.74) is 0. The molecule has 0 atom stereocenters. The van der Waals surface area contributed by atoms with Crippen LogP contribution in [-0.4, -0.2) is 36.3 Å². The minimum Gasteiger partial charge on any atom is -0.339 e. The van der Waals surface area contributed by atoms with E-state index in [9.17, 15) is 0 Å². The summed E-state index contributed by atoms with van der Waals surface area (Å²) in [6, 6.07) is 0. The molecular formula is C12H20N4O. The van der Waals surface area contributed by atoms with E-state index in [1.165, 1.54) is 0 Å². The number of hydrogen-bond acceptors (Lipinski definition) is 5. The van der Waals surface area contributed by atoms with Crippen molar-refractivity contribution in [1.29, 1.82) is 0 Å². The van der Waals surface area contributed by atoms with Gasteiger partial charge in [-0.05, 0) is 51.9 Å². The average molecular weight is 236 g/mol. The van der Waals surface area contributed by atoms with Gasteiger partial charge in [0.15, 0.2) is 5.82 Å². The van der Waals surface area contributed by atoms with E-state index in [0.717, 1.165) is 63.6 Å². The third-order valence-electron chi connectivity index (χ3n) is 3.85. The van der Waals surface area contributed by atoms with E-state index in [1.807, 2.05) is 0 Å². The van der Waals surface area contributed by atoms with Crippen LogP contribution >= 0.6 is 0 Å². The van der Waals surface area contributed by atoms with E-state index in [4.69, 9.17) is 4.52 Å². The highest BCUT2D eigenvalue weighted by atomic mass is 16.5. The molecule has 0 aromatic carbocycles. The number of rotatable bonds is 2. The molecule has 0 unspecified atom stereocenters. The van der Waals surface area contributed by atoms with Crippen LogP contribution in [0.25, 0.3) is 0 Å². The second kappa shape index (κ2) is 5.14. The summed E-state index contributed by atoms with van der Waals surface area (Å²) in [4.78, 5) is 4.62. The van der Waals surface area contributed by atoms with Gasteiger partial charge in [-0.2, -0.15) is 4.98 Å². The van der Waals surface area contributed by atoms with Crippen LogP contribution < -0.4 is 10.6 Å². The molecule has 3 heterocycles. The Morgan fingerprint density at radius 1 is 0.882 bits per heavy atom. The maximum Gasteiger partial charge on any atom is 0.229 e. The fraction of sp³-hybridized carbons (Fsp3) is 0.833. The Morgan fingerprint density at radius 2 is 1.47 bits per heavy atom. The minimum absolute atomic E-state index is 0.471. The number of aromatic nitrogens is 2. The van der Waals surface area contributed by atoms with Crippen LogP contribution in [0.1, 0.15) is 49.2 Å². The number of nitrogens with zero attached hydrogens (tertiary/aromatic N) is 2. The van der Waals surface area contributed by atoms with Crippen molar-refractivity contribution in [1.82, 2.24) is 20.8 Å². The quantitative estimate of drug-likeness (QED) is 0.802. The molecule has 5 nitrogen and oxygen atoms in total. The van der Waals surface area contributed by atoms with Crippen molar-refractivity contribution in [2.45, 2.75) is 37.5 Å². The van der Waals surface area contributed by atoms with E-state index >= 15 is 0 Å². The summed E-state index contributed by atoms with van der Waals surface area (Å²) in [5.74, 6) is 2.76. The van der Waals surface area contributed by atoms with Gasteiger partial charge in [0, 0.05) is 11.8 Å². The van der Waals surface area contributed by atoms with E-state index in [-0.39, 0.29) is 0 Å². The van der Waals surface area contributed by atoms with Gasteiger partial charge in [0.05, 0.1) is 0 Å². The molecule has 0 radical (unpaired) electrons. The number of hydrogen-bond donors (Lipinski definition) is 2. The molecule has 2 fully saturated rings. The van der Waals surface area contributed by atoms with Crippen LogP contribution in [0.2, 0.25) is 0 Å². The predicted molar refractivity (Wildman–Crippen MR) is 64.0 cm³/mol. The van der Waals surface area contributed by atoms with Gasteiger partial charge < -0.3 is 15.2 Å². The van der Waals surface area contributed by atoms with Crippen LogP contribution in [0.15, 0.2) is 4.52 Å². The summed E-state index contributed by atoms with van der Waals surface area (Å²) in [5, 5.41) is 10.9. The van der Waals surface area contributed by atoms with Crippen molar-refractivity contribution < 1.29 is 4.52 Å². The van der Waals surface area contributed by atoms with Crippen LogP contribution in [0, 0.1) is 0 Å². The largest absolute Gasteiger partial charge is 0.339 e. The first kappa shape index (κ1) is 11.2. The molecule has 0 aliphatic carbocycles. The molecule has 0 bridgehead atoms. The maximum absolute atomic E-state index is 5.45. The van der Waals surface area contributed by atoms with Crippen molar-refractivity contribution in [2.75, 3.05) is 26.2 Å². The summed E-state index contributed by atoms with van der Waals surface area (Å²) in [6.45, 7) is 4.27. The van der Waals surface area contributed by atoms with Crippen molar-refractivity contribution in [3.8, 4) is 0 Å². The molecule has 1 aromatic heterocycles. The van der Waals surface area contributed by atoms with Crippen molar-refractivity contribution in [2.24, 2.45) is 0 Å². The fourth-order valence-electron chi connectivity index (χ4n) is 2.73. The van der Waals surface area contributed by atoms with Gasteiger partial charge in [0.2, 0.25) is 5.89 Å². The summed E-state index contributed by atoms with van der Waals surface area (Å²) in [7, 11) is 0. The van der Waals surface area contributed by atoms with E-state index in [0.29, 0.717) is 11.8 Å². The SMILES string of the molecule is C1CC(c2noc(C3CCNCC3)n2)CCN1. The van der Waals surface area contributed by atoms with Gasteiger partial charge in [-0.3, -0.25) is 0 Å². The Bertz CT molecular complexity index is 321. The second-order valence-corrected chi connectivity index (χ2v) is 5.04. The molecule has 1 aromatic rings. The lowest BCUT2D eigenvalue weighted by Gasteiger charge is -2.20. The zero-order valence-electron chi connectivity index (χ0n) is 10.1. The molecule has 17 heavy (non-hydrogen) atoms. The Labute approximate surface area is 101 Å². The van der Waals surface area contributed by atoms with Gasteiger partial charge in [-0.25, -0.2) is 0 Å². The first-order valence-corrected chi connectivity index (χ1v) is 6.68. The van der Waals surface area contributed by atoms with Gasteiger partial charge in [0.25, 0.3) is 0 Å². The van der Waals surface area contributed by atoms with Gasteiger partial charge >= 0.3 is 0 Å². The highest BCUT2D eigenvalue weighted by Crippen LogP contribution is 2.27. The minimum atomic E-state index is 0.471. The van der Waals surface area contributed by atoms with Crippen molar-refractivity contribution in [3.63, 3.8) is 0 Å². The molecular weight excluding hydrogens is 216 g/mol. The van der Waals surface area contributed by atoms with E-state index < -0.39 is 0 Å². The summed E-state index contributed by atoms with van der Waals surface area (Å²) < 4.78 is 5.45. The molecule has 0 saturated carbocycles. The summed E-state index contributed by atoms with van der Waals surface area (Å²) >= 11 is 0. The third-order valence-corrected chi connectivity index (χ3v) is 3.85. The van der Waals surface area contributed by atoms with Gasteiger partial charge in [-0.1, -0.05) is 5.16 Å². The first-order chi connectivity index (χ1) is 8.43. The highest BCUT2D eigenvalue weighted by molar-refractivity contribution is 5.01. The zero-order chi connectivity index (χ0) is 11.5. The zero-order valence-corrected chi connectivity index (χ0v) is 10.1. The van der Waals surface area contributed by atoms with Crippen LogP contribution in [0.4, 0.5) is 0 Å². The Balaban J connectivity index is 1.68. The average Bonchev–Trinajstić information content (AvgIpc) is 2.90. The molecule has 2 N–H and O–H groups in total. The molecule has 2 saturated heterocycles. The lowest BCUT2D eigenvalue weighted by molar-refractivity contribution is 0.315. The molecule has 2 aliphatic heterocycles. The lowest BCUT2D eigenvalue weighted by atomic mass is 9.96. The van der Waals surface area contributed by atoms with Crippen LogP contribution in [0.3, 0.4) is 0 Å². The predicted octanol–water partition coefficient (Wildman–Crippen LogP) is 1.00. The number of nitrogens with one attached hydrogen (secondary N) is 2. The Hall–Kier alpha value is -0.940. The maximum atomic E-state index is 5.45. The van der Waals surface area contributed by atoms with Gasteiger partial charge in [0.1, 0.15) is 0 Å². The molecule has 94 valence electrons. The monoisotopic (exact) mass is 236 g/mol. The smallest absolute Gasteiger partial charge is 0.229 e. The van der Waals surface area contributed by atoms with E-state index in [2.05, 4.69) is 20.8 Å². The van der Waals surface area contributed by atoms with Crippen LogP contribution in [0.5, 0.6) is 0 Å². The standard InChI is InChI=1S/C12H20N4O/c1-5-13-6-2-9(1)11-15-12(17-16-11)10-3-7-14-8-4-10/h9-10,13-14H,1-8H2. The van der Waals surface area contributed by atoms with Crippen molar-refractivity contribution in [3.05, 3.63) is 11.7 Å². The fourth-order valence-corrected chi connectivity index (χ4v) is 2.73. The third kappa shape index (κ3) is 2.50. The molecule has 5 heteroatoms. The second-order valence-electron chi connectivity index (χ2n) is 5.04. The van der Waals surface area contributed by atoms with E-state index in [1.54, 1.807) is 0 Å². The van der Waals surface area contributed by atoms with Gasteiger partial charge in [-0.15, -0.1) is 0 Å². The Kier molecular flexibility index (Phi) is 3.38. The Morgan fingerprint density at radius 3 is 2.12 bits per heavy atom. The first-order valence-electron chi connectivity index (χ1n) is 6.68. The topological polar surface area (TPSA) is 63.0 Å².